The minimum atomic E-state index is -0.660. The number of aliphatic hydroxyl groups is 1. The fourth-order valence-electron chi connectivity index (χ4n) is 1.53. The third-order valence-corrected chi connectivity index (χ3v) is 2.33. The molecule has 82 valence electrons. The first-order valence-electron chi connectivity index (χ1n) is 4.96. The fraction of sp³-hybridized carbons (Fsp3) is 0.455. The van der Waals surface area contributed by atoms with Crippen molar-refractivity contribution < 1.29 is 19.0 Å². The van der Waals surface area contributed by atoms with E-state index in [0.29, 0.717) is 18.8 Å². The molecule has 1 aromatic carbocycles. The van der Waals surface area contributed by atoms with E-state index in [0.717, 1.165) is 6.42 Å². The Hall–Kier alpha value is -1.13. The van der Waals surface area contributed by atoms with E-state index in [1.807, 2.05) is 0 Å². The molecule has 4 heteroatoms. The molecule has 0 aromatic heterocycles. The maximum Gasteiger partial charge on any atom is 0.155 e. The zero-order valence-corrected chi connectivity index (χ0v) is 8.23. The van der Waals surface area contributed by atoms with Crippen molar-refractivity contribution in [2.45, 2.75) is 25.2 Å². The predicted molar refractivity (Wildman–Crippen MR) is 52.0 cm³/mol. The van der Waals surface area contributed by atoms with Gasteiger partial charge in [-0.2, -0.15) is 0 Å². The quantitative estimate of drug-likeness (QED) is 0.828. The molecule has 0 bridgehead atoms. The largest absolute Gasteiger partial charge is 0.491 e. The summed E-state index contributed by atoms with van der Waals surface area (Å²) in [7, 11) is 0. The Kier molecular flexibility index (Phi) is 3.18. The van der Waals surface area contributed by atoms with Crippen molar-refractivity contribution in [2.24, 2.45) is 0 Å². The van der Waals surface area contributed by atoms with Crippen molar-refractivity contribution in [3.8, 4) is 5.75 Å². The highest BCUT2D eigenvalue weighted by atomic mass is 19.1. The summed E-state index contributed by atoms with van der Waals surface area (Å²) < 4.78 is 23.1. The van der Waals surface area contributed by atoms with Crippen LogP contribution in [0.3, 0.4) is 0 Å². The molecule has 0 amide bonds. The molecule has 1 saturated heterocycles. The predicted octanol–water partition coefficient (Wildman–Crippen LogP) is 1.70. The van der Waals surface area contributed by atoms with Gasteiger partial charge in [-0.3, -0.25) is 0 Å². The number of hydrogen-bond acceptors (Lipinski definition) is 3. The van der Waals surface area contributed by atoms with Crippen LogP contribution in [0, 0.1) is 5.82 Å². The molecular formula is C11H13FO3. The highest BCUT2D eigenvalue weighted by molar-refractivity contribution is 5.22. The van der Waals surface area contributed by atoms with Gasteiger partial charge in [-0.05, 0) is 30.7 Å². The summed E-state index contributed by atoms with van der Waals surface area (Å²) in [5.41, 5.74) is 0. The molecule has 1 aromatic rings. The Labute approximate surface area is 87.4 Å². The van der Waals surface area contributed by atoms with E-state index in [-0.39, 0.29) is 11.9 Å². The number of aliphatic hydroxyl groups excluding tert-OH is 1. The van der Waals surface area contributed by atoms with E-state index in [9.17, 15) is 4.39 Å². The third-order valence-electron chi connectivity index (χ3n) is 2.33. The van der Waals surface area contributed by atoms with E-state index < -0.39 is 6.29 Å². The molecule has 2 rings (SSSR count). The topological polar surface area (TPSA) is 38.7 Å². The van der Waals surface area contributed by atoms with Gasteiger partial charge in [-0.1, -0.05) is 0 Å². The number of rotatable bonds is 3. The van der Waals surface area contributed by atoms with Crippen molar-refractivity contribution in [3.63, 3.8) is 0 Å². The SMILES string of the molecule is O[C@@H]1CC[C@@H](COc2ccc(F)cc2)O1. The first kappa shape index (κ1) is 10.4. The van der Waals surface area contributed by atoms with Gasteiger partial charge >= 0.3 is 0 Å². The Morgan fingerprint density at radius 1 is 1.33 bits per heavy atom. The van der Waals surface area contributed by atoms with E-state index in [2.05, 4.69) is 0 Å². The van der Waals surface area contributed by atoms with Crippen LogP contribution in [0.1, 0.15) is 12.8 Å². The summed E-state index contributed by atoms with van der Waals surface area (Å²) in [6.45, 7) is 0.392. The third kappa shape index (κ3) is 2.91. The van der Waals surface area contributed by atoms with Gasteiger partial charge in [-0.25, -0.2) is 4.39 Å². The standard InChI is InChI=1S/C11H13FO3/c12-8-1-3-9(4-2-8)14-7-10-5-6-11(13)15-10/h1-4,10-11,13H,5-7H2/t10-,11-/m0/s1. The van der Waals surface area contributed by atoms with Crippen LogP contribution in [-0.2, 0) is 4.74 Å². The van der Waals surface area contributed by atoms with Crippen molar-refractivity contribution >= 4 is 0 Å². The second-order valence-electron chi connectivity index (χ2n) is 3.56. The lowest BCUT2D eigenvalue weighted by Crippen LogP contribution is -2.18. The molecule has 1 aliphatic heterocycles. The van der Waals surface area contributed by atoms with Gasteiger partial charge in [0.25, 0.3) is 0 Å². The molecule has 0 saturated carbocycles. The molecule has 1 heterocycles. The normalized spacial score (nSPS) is 25.5. The van der Waals surface area contributed by atoms with Crippen LogP contribution >= 0.6 is 0 Å². The van der Waals surface area contributed by atoms with Crippen LogP contribution in [0.4, 0.5) is 4.39 Å². The van der Waals surface area contributed by atoms with E-state index in [1.54, 1.807) is 12.1 Å². The average Bonchev–Trinajstić information content (AvgIpc) is 2.64. The van der Waals surface area contributed by atoms with Crippen LogP contribution in [0.2, 0.25) is 0 Å². The minimum Gasteiger partial charge on any atom is -0.491 e. The molecule has 0 aliphatic carbocycles. The van der Waals surface area contributed by atoms with Gasteiger partial charge in [0.2, 0.25) is 0 Å². The summed E-state index contributed by atoms with van der Waals surface area (Å²) in [4.78, 5) is 0. The van der Waals surface area contributed by atoms with Gasteiger partial charge in [-0.15, -0.1) is 0 Å². The van der Waals surface area contributed by atoms with Gasteiger partial charge in [0.05, 0.1) is 6.10 Å². The number of hydrogen-bond donors (Lipinski definition) is 1. The van der Waals surface area contributed by atoms with Gasteiger partial charge in [0, 0.05) is 6.42 Å². The molecule has 0 unspecified atom stereocenters. The Morgan fingerprint density at radius 3 is 2.67 bits per heavy atom. The lowest BCUT2D eigenvalue weighted by Gasteiger charge is -2.11. The van der Waals surface area contributed by atoms with Gasteiger partial charge < -0.3 is 14.6 Å². The van der Waals surface area contributed by atoms with Crippen LogP contribution in [-0.4, -0.2) is 24.1 Å². The van der Waals surface area contributed by atoms with Gasteiger partial charge in [0.1, 0.15) is 18.2 Å². The molecule has 0 spiro atoms. The Morgan fingerprint density at radius 2 is 2.07 bits per heavy atom. The summed E-state index contributed by atoms with van der Waals surface area (Å²) in [5.74, 6) is 0.330. The van der Waals surface area contributed by atoms with Crippen molar-refractivity contribution in [1.82, 2.24) is 0 Å². The smallest absolute Gasteiger partial charge is 0.155 e. The maximum absolute atomic E-state index is 12.6. The molecule has 1 fully saturated rings. The number of ether oxygens (including phenoxy) is 2. The van der Waals surface area contributed by atoms with Crippen molar-refractivity contribution in [3.05, 3.63) is 30.1 Å². The first-order chi connectivity index (χ1) is 7.24. The van der Waals surface area contributed by atoms with E-state index in [1.165, 1.54) is 12.1 Å². The van der Waals surface area contributed by atoms with Crippen LogP contribution in [0.25, 0.3) is 0 Å². The van der Waals surface area contributed by atoms with Crippen molar-refractivity contribution in [2.75, 3.05) is 6.61 Å². The number of benzene rings is 1. The summed E-state index contributed by atoms with van der Waals surface area (Å²) >= 11 is 0. The summed E-state index contributed by atoms with van der Waals surface area (Å²) in [5, 5.41) is 9.11. The second-order valence-corrected chi connectivity index (χ2v) is 3.56. The van der Waals surface area contributed by atoms with Crippen LogP contribution in [0.15, 0.2) is 24.3 Å². The van der Waals surface area contributed by atoms with Crippen LogP contribution < -0.4 is 4.74 Å². The monoisotopic (exact) mass is 212 g/mol. The lowest BCUT2D eigenvalue weighted by atomic mass is 10.2. The molecule has 3 nitrogen and oxygen atoms in total. The summed E-state index contributed by atoms with van der Waals surface area (Å²) in [6, 6.07) is 5.83. The van der Waals surface area contributed by atoms with Crippen LogP contribution in [0.5, 0.6) is 5.75 Å². The highest BCUT2D eigenvalue weighted by Crippen LogP contribution is 2.19. The molecule has 2 atom stereocenters. The average molecular weight is 212 g/mol. The molecule has 0 radical (unpaired) electrons. The molecular weight excluding hydrogens is 199 g/mol. The first-order valence-corrected chi connectivity index (χ1v) is 4.96. The molecule has 1 aliphatic rings. The zero-order chi connectivity index (χ0) is 10.7. The Bertz CT molecular complexity index is 312. The Balaban J connectivity index is 1.80. The molecule has 1 N–H and O–H groups in total. The zero-order valence-electron chi connectivity index (χ0n) is 8.23. The van der Waals surface area contributed by atoms with Gasteiger partial charge in [0.15, 0.2) is 6.29 Å². The lowest BCUT2D eigenvalue weighted by molar-refractivity contribution is -0.0984. The number of halogens is 1. The van der Waals surface area contributed by atoms with E-state index >= 15 is 0 Å². The minimum absolute atomic E-state index is 0.0648. The maximum atomic E-state index is 12.6. The van der Waals surface area contributed by atoms with Crippen molar-refractivity contribution in [1.29, 1.82) is 0 Å². The second kappa shape index (κ2) is 4.59. The highest BCUT2D eigenvalue weighted by Gasteiger charge is 2.23. The van der Waals surface area contributed by atoms with E-state index in [4.69, 9.17) is 14.6 Å². The fourth-order valence-corrected chi connectivity index (χ4v) is 1.53. The summed E-state index contributed by atoms with van der Waals surface area (Å²) in [6.07, 6.45) is 0.719. The molecule has 15 heavy (non-hydrogen) atoms.